The molecule has 26 heavy (non-hydrogen) atoms. The summed E-state index contributed by atoms with van der Waals surface area (Å²) < 4.78 is 0. The molecule has 0 bridgehead atoms. The third kappa shape index (κ3) is 2.64. The van der Waals surface area contributed by atoms with E-state index in [1.165, 1.54) is 43.4 Å². The maximum Gasteiger partial charge on any atom is 0.0633 e. The first-order valence-electron chi connectivity index (χ1n) is 9.25. The lowest BCUT2D eigenvalue weighted by molar-refractivity contribution is 0.103. The van der Waals surface area contributed by atoms with Crippen LogP contribution in [0, 0.1) is 0 Å². The van der Waals surface area contributed by atoms with Crippen molar-refractivity contribution in [2.24, 2.45) is 0 Å². The summed E-state index contributed by atoms with van der Waals surface area (Å²) in [6, 6.07) is 17.6. The Balaban J connectivity index is 1.96. The van der Waals surface area contributed by atoms with Crippen LogP contribution in [0.25, 0.3) is 32.3 Å². The standard InChI is InChI=1S/C23H25NO2/c1-3-15-11-18(12-24-23(2,13-25)14-26)20-10-8-17-6-4-5-16-7-9-19(15)22(20)21(16)17/h4-11,24-26H,3,12-14H2,1-2H3. The normalized spacial score (nSPS) is 12.6. The average Bonchev–Trinajstić information content (AvgIpc) is 2.70. The van der Waals surface area contributed by atoms with Crippen molar-refractivity contribution < 1.29 is 10.2 Å². The highest BCUT2D eigenvalue weighted by molar-refractivity contribution is 6.24. The van der Waals surface area contributed by atoms with Gasteiger partial charge in [-0.25, -0.2) is 0 Å². The molecule has 0 spiro atoms. The van der Waals surface area contributed by atoms with Crippen LogP contribution >= 0.6 is 0 Å². The van der Waals surface area contributed by atoms with Crippen molar-refractivity contribution in [3.63, 3.8) is 0 Å². The van der Waals surface area contributed by atoms with Gasteiger partial charge in [0, 0.05) is 6.54 Å². The molecule has 0 saturated heterocycles. The number of aliphatic hydroxyl groups excluding tert-OH is 2. The van der Waals surface area contributed by atoms with Gasteiger partial charge in [0.1, 0.15) is 0 Å². The molecule has 3 heteroatoms. The van der Waals surface area contributed by atoms with Gasteiger partial charge in [-0.15, -0.1) is 0 Å². The van der Waals surface area contributed by atoms with E-state index in [-0.39, 0.29) is 13.2 Å². The first kappa shape index (κ1) is 17.2. The van der Waals surface area contributed by atoms with E-state index in [0.29, 0.717) is 6.54 Å². The summed E-state index contributed by atoms with van der Waals surface area (Å²) in [4.78, 5) is 0. The third-order valence-electron chi connectivity index (χ3n) is 5.60. The molecule has 3 N–H and O–H groups in total. The highest BCUT2D eigenvalue weighted by Gasteiger charge is 2.22. The second-order valence-corrected chi connectivity index (χ2v) is 7.46. The van der Waals surface area contributed by atoms with Crippen LogP contribution in [-0.2, 0) is 13.0 Å². The first-order valence-corrected chi connectivity index (χ1v) is 9.25. The van der Waals surface area contributed by atoms with Crippen molar-refractivity contribution in [3.05, 3.63) is 59.7 Å². The summed E-state index contributed by atoms with van der Waals surface area (Å²) in [6.07, 6.45) is 0.971. The second-order valence-electron chi connectivity index (χ2n) is 7.46. The number of aryl methyl sites for hydroxylation is 1. The molecule has 3 nitrogen and oxygen atoms in total. The number of benzene rings is 4. The minimum atomic E-state index is -0.684. The van der Waals surface area contributed by atoms with Crippen molar-refractivity contribution in [2.75, 3.05) is 13.2 Å². The quantitative estimate of drug-likeness (QED) is 0.463. The van der Waals surface area contributed by atoms with E-state index in [4.69, 9.17) is 0 Å². The van der Waals surface area contributed by atoms with Crippen LogP contribution in [0.3, 0.4) is 0 Å². The Morgan fingerprint density at radius 3 is 2.04 bits per heavy atom. The Bertz CT molecular complexity index is 1050. The Labute approximate surface area is 153 Å². The van der Waals surface area contributed by atoms with Crippen LogP contribution in [-0.4, -0.2) is 29.0 Å². The Morgan fingerprint density at radius 2 is 1.46 bits per heavy atom. The maximum atomic E-state index is 9.58. The molecule has 0 heterocycles. The lowest BCUT2D eigenvalue weighted by atomic mass is 9.88. The summed E-state index contributed by atoms with van der Waals surface area (Å²) in [5.41, 5.74) is 1.86. The minimum absolute atomic E-state index is 0.101. The molecule has 0 amide bonds. The highest BCUT2D eigenvalue weighted by atomic mass is 16.3. The van der Waals surface area contributed by atoms with Crippen molar-refractivity contribution in [1.82, 2.24) is 5.32 Å². The molecule has 0 aliphatic heterocycles. The molecule has 0 aromatic heterocycles. The van der Waals surface area contributed by atoms with E-state index >= 15 is 0 Å². The van der Waals surface area contributed by atoms with Crippen LogP contribution in [0.1, 0.15) is 25.0 Å². The first-order chi connectivity index (χ1) is 12.6. The molecule has 0 aliphatic rings. The smallest absolute Gasteiger partial charge is 0.0633 e. The van der Waals surface area contributed by atoms with Crippen molar-refractivity contribution >= 4 is 32.3 Å². The maximum absolute atomic E-state index is 9.58. The van der Waals surface area contributed by atoms with Gasteiger partial charge >= 0.3 is 0 Å². The SMILES string of the molecule is CCc1cc(CNC(C)(CO)CO)c2ccc3cccc4ccc1c2c43. The fraction of sp³-hybridized carbons (Fsp3) is 0.304. The predicted molar refractivity (Wildman–Crippen MR) is 109 cm³/mol. The summed E-state index contributed by atoms with van der Waals surface area (Å²) in [5, 5.41) is 30.2. The van der Waals surface area contributed by atoms with Gasteiger partial charge in [-0.1, -0.05) is 55.5 Å². The van der Waals surface area contributed by atoms with Gasteiger partial charge in [0.05, 0.1) is 18.8 Å². The summed E-state index contributed by atoms with van der Waals surface area (Å²) >= 11 is 0. The van der Waals surface area contributed by atoms with E-state index in [1.54, 1.807) is 0 Å². The van der Waals surface area contributed by atoms with Crippen molar-refractivity contribution in [2.45, 2.75) is 32.4 Å². The molecular weight excluding hydrogens is 322 g/mol. The fourth-order valence-electron chi connectivity index (χ4n) is 3.89. The van der Waals surface area contributed by atoms with E-state index < -0.39 is 5.54 Å². The predicted octanol–water partition coefficient (Wildman–Crippen LogP) is 3.98. The minimum Gasteiger partial charge on any atom is -0.394 e. The number of rotatable bonds is 6. The number of hydrogen-bond acceptors (Lipinski definition) is 3. The zero-order valence-electron chi connectivity index (χ0n) is 15.3. The molecule has 4 rings (SSSR count). The molecular formula is C23H25NO2. The van der Waals surface area contributed by atoms with E-state index in [1.807, 2.05) is 6.92 Å². The summed E-state index contributed by atoms with van der Waals surface area (Å²) in [7, 11) is 0. The third-order valence-corrected chi connectivity index (χ3v) is 5.60. The van der Waals surface area contributed by atoms with Crippen LogP contribution in [0.5, 0.6) is 0 Å². The number of nitrogens with one attached hydrogen (secondary N) is 1. The Morgan fingerprint density at radius 1 is 0.846 bits per heavy atom. The zero-order valence-corrected chi connectivity index (χ0v) is 15.3. The molecule has 4 aromatic carbocycles. The van der Waals surface area contributed by atoms with E-state index in [2.05, 4.69) is 60.8 Å². The van der Waals surface area contributed by atoms with Crippen LogP contribution < -0.4 is 5.32 Å². The lowest BCUT2D eigenvalue weighted by Gasteiger charge is -2.27. The van der Waals surface area contributed by atoms with Gasteiger partial charge < -0.3 is 15.5 Å². The molecule has 0 aliphatic carbocycles. The van der Waals surface area contributed by atoms with Crippen LogP contribution in [0.15, 0.2) is 48.5 Å². The molecule has 0 atom stereocenters. The average molecular weight is 347 g/mol. The van der Waals surface area contributed by atoms with Gasteiger partial charge in [-0.3, -0.25) is 0 Å². The molecule has 0 unspecified atom stereocenters. The van der Waals surface area contributed by atoms with Gasteiger partial charge in [0.2, 0.25) is 0 Å². The van der Waals surface area contributed by atoms with Crippen molar-refractivity contribution in [3.8, 4) is 0 Å². The highest BCUT2D eigenvalue weighted by Crippen LogP contribution is 2.38. The van der Waals surface area contributed by atoms with Gasteiger partial charge in [0.25, 0.3) is 0 Å². The topological polar surface area (TPSA) is 52.5 Å². The molecule has 0 saturated carbocycles. The Kier molecular flexibility index (Phi) is 4.31. The second kappa shape index (κ2) is 6.51. The van der Waals surface area contributed by atoms with Gasteiger partial charge in [-0.05, 0) is 56.8 Å². The van der Waals surface area contributed by atoms with Crippen LogP contribution in [0.2, 0.25) is 0 Å². The zero-order chi connectivity index (χ0) is 18.3. The lowest BCUT2D eigenvalue weighted by Crippen LogP contribution is -2.48. The van der Waals surface area contributed by atoms with E-state index in [0.717, 1.165) is 6.42 Å². The molecule has 0 radical (unpaired) electrons. The Hall–Kier alpha value is -2.20. The van der Waals surface area contributed by atoms with Gasteiger partial charge in [-0.2, -0.15) is 0 Å². The number of aliphatic hydroxyl groups is 2. The largest absolute Gasteiger partial charge is 0.394 e. The fourth-order valence-corrected chi connectivity index (χ4v) is 3.89. The summed E-state index contributed by atoms with van der Waals surface area (Å²) in [5.74, 6) is 0. The molecule has 4 aromatic rings. The van der Waals surface area contributed by atoms with Crippen molar-refractivity contribution in [1.29, 1.82) is 0 Å². The molecule has 134 valence electrons. The number of hydrogen-bond donors (Lipinski definition) is 3. The van der Waals surface area contributed by atoms with Crippen LogP contribution in [0.4, 0.5) is 0 Å². The monoisotopic (exact) mass is 347 g/mol. The molecule has 0 fully saturated rings. The van der Waals surface area contributed by atoms with Gasteiger partial charge in [0.15, 0.2) is 0 Å². The van der Waals surface area contributed by atoms with E-state index in [9.17, 15) is 10.2 Å². The summed E-state index contributed by atoms with van der Waals surface area (Å²) in [6.45, 7) is 4.43.